The van der Waals surface area contributed by atoms with Gasteiger partial charge >= 0.3 is 13.1 Å². The summed E-state index contributed by atoms with van der Waals surface area (Å²) in [5, 5.41) is 0. The number of nitrogens with zero attached hydrogens (tertiary/aromatic N) is 1. The average Bonchev–Trinajstić information content (AvgIpc) is 3.12. The van der Waals surface area contributed by atoms with E-state index in [0.717, 1.165) is 30.5 Å². The molecule has 1 aromatic carbocycles. The Bertz CT molecular complexity index is 631. The zero-order valence-electron chi connectivity index (χ0n) is 13.9. The number of methoxy groups -OCH3 is 1. The fourth-order valence-corrected chi connectivity index (χ4v) is 3.07. The largest absolute Gasteiger partial charge is 0.563 e. The highest BCUT2D eigenvalue weighted by molar-refractivity contribution is 6.62. The predicted octanol–water partition coefficient (Wildman–Crippen LogP) is 1.86. The number of rotatable bonds is 3. The zero-order chi connectivity index (χ0) is 16.6. The van der Waals surface area contributed by atoms with Gasteiger partial charge in [-0.05, 0) is 44.3 Å². The molecule has 2 aliphatic heterocycles. The van der Waals surface area contributed by atoms with Crippen LogP contribution in [0, 0.1) is 0 Å². The number of hydrogen-bond donors (Lipinski definition) is 0. The molecule has 5 nitrogen and oxygen atoms in total. The number of carbonyl (C=O) groups excluding carboxylic acids is 1. The van der Waals surface area contributed by atoms with Gasteiger partial charge in [-0.3, -0.25) is 0 Å². The molecule has 0 saturated carbocycles. The van der Waals surface area contributed by atoms with Crippen molar-refractivity contribution in [3.8, 4) is 0 Å². The van der Waals surface area contributed by atoms with Gasteiger partial charge in [0.15, 0.2) is 0 Å². The van der Waals surface area contributed by atoms with Gasteiger partial charge in [-0.2, -0.15) is 0 Å². The van der Waals surface area contributed by atoms with Crippen LogP contribution in [0.2, 0.25) is 0 Å². The molecule has 0 spiro atoms. The third-order valence-electron chi connectivity index (χ3n) is 4.52. The van der Waals surface area contributed by atoms with E-state index in [2.05, 4.69) is 11.5 Å². The topological polar surface area (TPSA) is 48.0 Å². The summed E-state index contributed by atoms with van der Waals surface area (Å²) in [5.41, 5.74) is 1.41. The lowest BCUT2D eigenvalue weighted by molar-refractivity contribution is -0.141. The van der Waals surface area contributed by atoms with Crippen LogP contribution < -0.4 is 10.4 Å². The molecule has 122 valence electrons. The Balaban J connectivity index is 1.83. The molecule has 23 heavy (non-hydrogen) atoms. The lowest BCUT2D eigenvalue weighted by Crippen LogP contribution is -2.39. The smallest absolute Gasteiger partial charge is 0.534 e. The summed E-state index contributed by atoms with van der Waals surface area (Å²) >= 11 is 0. The van der Waals surface area contributed by atoms with E-state index < -0.39 is 12.7 Å². The van der Waals surface area contributed by atoms with E-state index in [1.54, 1.807) is 0 Å². The van der Waals surface area contributed by atoms with Crippen LogP contribution in [-0.4, -0.2) is 38.4 Å². The molecule has 2 fully saturated rings. The summed E-state index contributed by atoms with van der Waals surface area (Å²) in [6.07, 6.45) is 1.79. The molecule has 2 aliphatic rings. The Kier molecular flexibility index (Phi) is 4.10. The van der Waals surface area contributed by atoms with Crippen LogP contribution in [-0.2, 0) is 18.8 Å². The minimum atomic E-state index is -0.497. The van der Waals surface area contributed by atoms with Gasteiger partial charge in [0.1, 0.15) is 11.6 Å². The minimum absolute atomic E-state index is 0.184. The average molecular weight is 315 g/mol. The zero-order valence-corrected chi connectivity index (χ0v) is 13.9. The number of hydrogen-bond acceptors (Lipinski definition) is 5. The summed E-state index contributed by atoms with van der Waals surface area (Å²) in [5.74, 6) is 0.442. The van der Waals surface area contributed by atoms with Crippen molar-refractivity contribution in [2.45, 2.75) is 38.3 Å². The Labute approximate surface area is 137 Å². The van der Waals surface area contributed by atoms with Crippen LogP contribution in [0.25, 0.3) is 0 Å². The van der Waals surface area contributed by atoms with Crippen molar-refractivity contribution in [3.05, 3.63) is 36.6 Å². The first-order valence-corrected chi connectivity index (χ1v) is 7.90. The molecular weight excluding hydrogens is 293 g/mol. The Hall–Kier alpha value is -1.95. The molecule has 0 aromatic heterocycles. The SMILES string of the molecule is C=C1OB(c2cccc(N3CCC[C@@H]3C(=O)OC)c2)OC1(C)C. The second-order valence-corrected chi connectivity index (χ2v) is 6.47. The highest BCUT2D eigenvalue weighted by Crippen LogP contribution is 2.30. The highest BCUT2D eigenvalue weighted by atomic mass is 16.7. The van der Waals surface area contributed by atoms with Crippen LogP contribution >= 0.6 is 0 Å². The first kappa shape index (κ1) is 15.9. The second-order valence-electron chi connectivity index (χ2n) is 6.47. The fourth-order valence-electron chi connectivity index (χ4n) is 3.07. The third kappa shape index (κ3) is 2.95. The lowest BCUT2D eigenvalue weighted by Gasteiger charge is -2.25. The van der Waals surface area contributed by atoms with Crippen molar-refractivity contribution in [2.24, 2.45) is 0 Å². The first-order chi connectivity index (χ1) is 10.9. The summed E-state index contributed by atoms with van der Waals surface area (Å²) < 4.78 is 16.6. The molecule has 1 atom stereocenters. The summed E-state index contributed by atoms with van der Waals surface area (Å²) in [4.78, 5) is 14.0. The lowest BCUT2D eigenvalue weighted by atomic mass is 9.79. The molecule has 3 rings (SSSR count). The number of esters is 1. The standard InChI is InChI=1S/C17H22BNO4/c1-12-17(2,3)23-18(22-12)13-7-5-8-14(11-13)19-10-6-9-15(19)16(20)21-4/h5,7-8,11,15H,1,6,9-10H2,2-4H3/t15-/m1/s1. The van der Waals surface area contributed by atoms with E-state index >= 15 is 0 Å². The van der Waals surface area contributed by atoms with E-state index in [1.807, 2.05) is 38.1 Å². The van der Waals surface area contributed by atoms with Crippen LogP contribution in [0.3, 0.4) is 0 Å². The molecule has 6 heteroatoms. The number of carbonyl (C=O) groups is 1. The normalized spacial score (nSPS) is 23.1. The maximum Gasteiger partial charge on any atom is 0.563 e. The Morgan fingerprint density at radius 2 is 2.26 bits per heavy atom. The van der Waals surface area contributed by atoms with Gasteiger partial charge in [0, 0.05) is 12.2 Å². The van der Waals surface area contributed by atoms with Gasteiger partial charge < -0.3 is 18.9 Å². The molecule has 0 radical (unpaired) electrons. The van der Waals surface area contributed by atoms with E-state index in [0.29, 0.717) is 5.76 Å². The van der Waals surface area contributed by atoms with Crippen molar-refractivity contribution in [3.63, 3.8) is 0 Å². The maximum absolute atomic E-state index is 11.9. The molecule has 2 saturated heterocycles. The third-order valence-corrected chi connectivity index (χ3v) is 4.52. The monoisotopic (exact) mass is 315 g/mol. The van der Waals surface area contributed by atoms with Crippen molar-refractivity contribution in [1.29, 1.82) is 0 Å². The number of benzene rings is 1. The molecule has 0 amide bonds. The molecular formula is C17H22BNO4. The first-order valence-electron chi connectivity index (χ1n) is 7.90. The van der Waals surface area contributed by atoms with Gasteiger partial charge in [0.25, 0.3) is 0 Å². The Morgan fingerprint density at radius 1 is 1.48 bits per heavy atom. The van der Waals surface area contributed by atoms with Gasteiger partial charge in [0.05, 0.1) is 12.9 Å². The second kappa shape index (κ2) is 5.93. The molecule has 1 aromatic rings. The Morgan fingerprint density at radius 3 is 2.91 bits per heavy atom. The van der Waals surface area contributed by atoms with Crippen molar-refractivity contribution in [1.82, 2.24) is 0 Å². The fraction of sp³-hybridized carbons (Fsp3) is 0.471. The molecule has 0 N–H and O–H groups in total. The molecule has 0 aliphatic carbocycles. The van der Waals surface area contributed by atoms with Crippen LogP contribution in [0.1, 0.15) is 26.7 Å². The van der Waals surface area contributed by atoms with Crippen molar-refractivity contribution >= 4 is 24.2 Å². The van der Waals surface area contributed by atoms with Crippen LogP contribution in [0.5, 0.6) is 0 Å². The number of anilines is 1. The van der Waals surface area contributed by atoms with E-state index in [4.69, 9.17) is 14.0 Å². The molecule has 0 bridgehead atoms. The van der Waals surface area contributed by atoms with Gasteiger partial charge in [0.2, 0.25) is 0 Å². The van der Waals surface area contributed by atoms with E-state index in [1.165, 1.54) is 7.11 Å². The minimum Gasteiger partial charge on any atom is -0.534 e. The van der Waals surface area contributed by atoms with Crippen LogP contribution in [0.15, 0.2) is 36.6 Å². The summed E-state index contributed by atoms with van der Waals surface area (Å²) in [6, 6.07) is 7.72. The van der Waals surface area contributed by atoms with Crippen LogP contribution in [0.4, 0.5) is 5.69 Å². The molecule has 2 heterocycles. The van der Waals surface area contributed by atoms with E-state index in [-0.39, 0.29) is 12.0 Å². The van der Waals surface area contributed by atoms with Crippen molar-refractivity contribution in [2.75, 3.05) is 18.6 Å². The summed E-state index contributed by atoms with van der Waals surface area (Å²) in [7, 11) is 0.972. The van der Waals surface area contributed by atoms with E-state index in [9.17, 15) is 4.79 Å². The van der Waals surface area contributed by atoms with Crippen molar-refractivity contribution < 1.29 is 18.8 Å². The highest BCUT2D eigenvalue weighted by Gasteiger charge is 2.43. The molecule has 0 unspecified atom stereocenters. The maximum atomic E-state index is 11.9. The number of ether oxygens (including phenoxy) is 1. The predicted molar refractivity (Wildman–Crippen MR) is 89.6 cm³/mol. The van der Waals surface area contributed by atoms with Gasteiger partial charge in [-0.25, -0.2) is 4.79 Å². The summed E-state index contributed by atoms with van der Waals surface area (Å²) in [6.45, 7) is 8.63. The van der Waals surface area contributed by atoms with Gasteiger partial charge in [-0.15, -0.1) is 0 Å². The van der Waals surface area contributed by atoms with Gasteiger partial charge in [-0.1, -0.05) is 18.7 Å². The quantitative estimate of drug-likeness (QED) is 0.629.